The van der Waals surface area contributed by atoms with Gasteiger partial charge >= 0.3 is 0 Å². The van der Waals surface area contributed by atoms with Crippen LogP contribution in [0.3, 0.4) is 0 Å². The molecule has 4 heteroatoms. The Hall–Kier alpha value is -1.03. The summed E-state index contributed by atoms with van der Waals surface area (Å²) in [7, 11) is 1.42. The first-order chi connectivity index (χ1) is 8.04. The molecular weight excluding hydrogens is 239 g/mol. The van der Waals surface area contributed by atoms with Gasteiger partial charge in [-0.1, -0.05) is 26.0 Å². The summed E-state index contributed by atoms with van der Waals surface area (Å²) < 4.78 is 18.6. The molecule has 0 N–H and O–H groups in total. The summed E-state index contributed by atoms with van der Waals surface area (Å²) in [5.41, 5.74) is 0.402. The van der Waals surface area contributed by atoms with Crippen LogP contribution in [0.2, 0.25) is 0 Å². The molecule has 0 unspecified atom stereocenters. The number of thioether (sulfide) groups is 1. The van der Waals surface area contributed by atoms with Crippen molar-refractivity contribution in [1.29, 1.82) is 0 Å². The Kier molecular flexibility index (Phi) is 5.48. The highest BCUT2D eigenvalue weighted by Crippen LogP contribution is 2.21. The molecular formula is C13H17FO2S. The summed E-state index contributed by atoms with van der Waals surface area (Å²) in [5, 5.41) is 0.411. The molecule has 94 valence electrons. The van der Waals surface area contributed by atoms with Crippen molar-refractivity contribution in [1.82, 2.24) is 0 Å². The van der Waals surface area contributed by atoms with Crippen molar-refractivity contribution in [2.24, 2.45) is 0 Å². The van der Waals surface area contributed by atoms with E-state index in [-0.39, 0.29) is 18.0 Å². The molecule has 1 rings (SSSR count). The largest absolute Gasteiger partial charge is 0.494 e. The van der Waals surface area contributed by atoms with Gasteiger partial charge in [-0.3, -0.25) is 4.79 Å². The molecule has 0 saturated heterocycles. The lowest BCUT2D eigenvalue weighted by molar-refractivity contribution is -0.116. The van der Waals surface area contributed by atoms with Gasteiger partial charge in [0.05, 0.1) is 12.9 Å². The van der Waals surface area contributed by atoms with Gasteiger partial charge in [-0.05, 0) is 16.9 Å². The molecule has 0 amide bonds. The average Bonchev–Trinajstić information content (AvgIpc) is 2.29. The van der Waals surface area contributed by atoms with Crippen LogP contribution in [0.25, 0.3) is 0 Å². The van der Waals surface area contributed by atoms with Crippen molar-refractivity contribution >= 4 is 17.5 Å². The van der Waals surface area contributed by atoms with Crippen LogP contribution in [0.1, 0.15) is 19.4 Å². The Balaban J connectivity index is 2.65. The first-order valence-corrected chi connectivity index (χ1v) is 6.54. The van der Waals surface area contributed by atoms with Crippen molar-refractivity contribution < 1.29 is 13.9 Å². The van der Waals surface area contributed by atoms with E-state index in [2.05, 4.69) is 0 Å². The second-order valence-corrected chi connectivity index (χ2v) is 5.57. The molecule has 1 aromatic carbocycles. The van der Waals surface area contributed by atoms with Gasteiger partial charge in [0.15, 0.2) is 11.6 Å². The second-order valence-electron chi connectivity index (χ2n) is 4.01. The lowest BCUT2D eigenvalue weighted by Gasteiger charge is -2.07. The number of halogens is 1. The fourth-order valence-electron chi connectivity index (χ4n) is 1.37. The highest BCUT2D eigenvalue weighted by atomic mass is 32.2. The fourth-order valence-corrected chi connectivity index (χ4v) is 1.99. The number of hydrogen-bond acceptors (Lipinski definition) is 3. The Bertz CT molecular complexity index is 391. The van der Waals surface area contributed by atoms with Crippen LogP contribution >= 0.6 is 11.8 Å². The molecule has 2 nitrogen and oxygen atoms in total. The van der Waals surface area contributed by atoms with Crippen molar-refractivity contribution in [3.8, 4) is 5.75 Å². The first kappa shape index (κ1) is 14.0. The Morgan fingerprint density at radius 2 is 2.18 bits per heavy atom. The van der Waals surface area contributed by atoms with Crippen molar-refractivity contribution in [2.75, 3.05) is 12.9 Å². The number of ketones is 1. The molecule has 0 fully saturated rings. The van der Waals surface area contributed by atoms with Crippen LogP contribution in [0, 0.1) is 5.82 Å². The molecule has 0 aliphatic carbocycles. The zero-order valence-electron chi connectivity index (χ0n) is 10.3. The van der Waals surface area contributed by atoms with Crippen LogP contribution in [0.15, 0.2) is 18.2 Å². The summed E-state index contributed by atoms with van der Waals surface area (Å²) in [6.45, 7) is 4.06. The topological polar surface area (TPSA) is 26.3 Å². The Morgan fingerprint density at radius 3 is 2.76 bits per heavy atom. The molecule has 0 bridgehead atoms. The van der Waals surface area contributed by atoms with E-state index in [0.29, 0.717) is 16.6 Å². The summed E-state index contributed by atoms with van der Waals surface area (Å²) in [6, 6.07) is 4.86. The predicted octanol–water partition coefficient (Wildman–Crippen LogP) is 3.09. The van der Waals surface area contributed by atoms with E-state index in [1.165, 1.54) is 7.11 Å². The number of hydrogen-bond donors (Lipinski definition) is 0. The maximum Gasteiger partial charge on any atom is 0.168 e. The minimum Gasteiger partial charge on any atom is -0.494 e. The molecule has 0 saturated carbocycles. The number of carbonyl (C=O) groups is 1. The molecule has 0 radical (unpaired) electrons. The Labute approximate surface area is 106 Å². The van der Waals surface area contributed by atoms with Gasteiger partial charge in [0, 0.05) is 6.42 Å². The van der Waals surface area contributed by atoms with Gasteiger partial charge in [-0.2, -0.15) is 11.8 Å². The quantitative estimate of drug-likeness (QED) is 0.782. The number of ether oxygens (including phenoxy) is 1. The van der Waals surface area contributed by atoms with Crippen molar-refractivity contribution in [2.45, 2.75) is 25.5 Å². The zero-order valence-corrected chi connectivity index (χ0v) is 11.1. The minimum atomic E-state index is -0.433. The molecule has 0 heterocycles. The van der Waals surface area contributed by atoms with E-state index in [9.17, 15) is 9.18 Å². The molecule has 1 aromatic rings. The van der Waals surface area contributed by atoms with Crippen LogP contribution in [0.5, 0.6) is 5.75 Å². The summed E-state index contributed by atoms with van der Waals surface area (Å²) in [5.74, 6) is 0.217. The average molecular weight is 256 g/mol. The van der Waals surface area contributed by atoms with Crippen molar-refractivity contribution in [3.05, 3.63) is 29.6 Å². The monoisotopic (exact) mass is 256 g/mol. The van der Waals surface area contributed by atoms with E-state index in [1.807, 2.05) is 13.8 Å². The molecule has 0 aliphatic rings. The van der Waals surface area contributed by atoms with Gasteiger partial charge in [-0.25, -0.2) is 4.39 Å². The number of carbonyl (C=O) groups excluding carboxylic acids is 1. The lowest BCUT2D eigenvalue weighted by atomic mass is 10.1. The van der Waals surface area contributed by atoms with Crippen LogP contribution in [0.4, 0.5) is 4.39 Å². The van der Waals surface area contributed by atoms with Gasteiger partial charge in [0.1, 0.15) is 5.78 Å². The van der Waals surface area contributed by atoms with Gasteiger partial charge in [-0.15, -0.1) is 0 Å². The molecule has 0 aliphatic heterocycles. The fraction of sp³-hybridized carbons (Fsp3) is 0.462. The van der Waals surface area contributed by atoms with Crippen molar-refractivity contribution in [3.63, 3.8) is 0 Å². The third kappa shape index (κ3) is 4.38. The Morgan fingerprint density at radius 1 is 1.47 bits per heavy atom. The second kappa shape index (κ2) is 6.64. The highest BCUT2D eigenvalue weighted by Gasteiger charge is 2.12. The number of methoxy groups -OCH3 is 1. The molecule has 0 atom stereocenters. The highest BCUT2D eigenvalue weighted by molar-refractivity contribution is 8.00. The summed E-state index contributed by atoms with van der Waals surface area (Å²) in [4.78, 5) is 11.6. The number of benzene rings is 1. The SMILES string of the molecule is COc1cccc(CC(=O)CSC(C)C)c1F. The van der Waals surface area contributed by atoms with Crippen LogP contribution < -0.4 is 4.74 Å². The number of Topliss-reactive ketones (excluding diaryl/α,β-unsaturated/α-hetero) is 1. The standard InChI is InChI=1S/C13H17FO2S/c1-9(2)17-8-11(15)7-10-5-4-6-12(16-3)13(10)14/h4-6,9H,7-8H2,1-3H3. The third-order valence-corrected chi connectivity index (χ3v) is 3.38. The van der Waals surface area contributed by atoms with Crippen LogP contribution in [-0.2, 0) is 11.2 Å². The predicted molar refractivity (Wildman–Crippen MR) is 69.3 cm³/mol. The molecule has 0 spiro atoms. The van der Waals surface area contributed by atoms with E-state index in [1.54, 1.807) is 30.0 Å². The van der Waals surface area contributed by atoms with E-state index >= 15 is 0 Å². The van der Waals surface area contributed by atoms with Gasteiger partial charge < -0.3 is 4.74 Å². The third-order valence-electron chi connectivity index (χ3n) is 2.23. The van der Waals surface area contributed by atoms with Crippen LogP contribution in [-0.4, -0.2) is 23.9 Å². The maximum absolute atomic E-state index is 13.7. The van der Waals surface area contributed by atoms with E-state index < -0.39 is 5.82 Å². The molecule has 0 aromatic heterocycles. The van der Waals surface area contributed by atoms with E-state index in [4.69, 9.17) is 4.74 Å². The smallest absolute Gasteiger partial charge is 0.168 e. The first-order valence-electron chi connectivity index (χ1n) is 5.49. The normalized spacial score (nSPS) is 10.6. The lowest BCUT2D eigenvalue weighted by Crippen LogP contribution is -2.09. The summed E-state index contributed by atoms with van der Waals surface area (Å²) in [6.07, 6.45) is 0.128. The summed E-state index contributed by atoms with van der Waals surface area (Å²) >= 11 is 1.57. The zero-order chi connectivity index (χ0) is 12.8. The van der Waals surface area contributed by atoms with Gasteiger partial charge in [0.2, 0.25) is 0 Å². The van der Waals surface area contributed by atoms with Gasteiger partial charge in [0.25, 0.3) is 0 Å². The minimum absolute atomic E-state index is 0.0378. The number of rotatable bonds is 6. The molecule has 17 heavy (non-hydrogen) atoms. The van der Waals surface area contributed by atoms with E-state index in [0.717, 1.165) is 0 Å². The maximum atomic E-state index is 13.7.